The molecule has 1 aromatic heterocycles. The van der Waals surface area contributed by atoms with Gasteiger partial charge in [0, 0.05) is 5.56 Å². The van der Waals surface area contributed by atoms with E-state index >= 15 is 0 Å². The molecule has 1 aliphatic carbocycles. The van der Waals surface area contributed by atoms with Crippen molar-refractivity contribution < 1.29 is 4.79 Å². The number of nitrogens with zero attached hydrogens (tertiary/aromatic N) is 2. The highest BCUT2D eigenvalue weighted by molar-refractivity contribution is 7.18. The summed E-state index contributed by atoms with van der Waals surface area (Å²) in [6, 6.07) is 8.20. The highest BCUT2D eigenvalue weighted by atomic mass is 35.5. The third kappa shape index (κ3) is 3.26. The average Bonchev–Trinajstić information content (AvgIpc) is 2.90. The quantitative estimate of drug-likeness (QED) is 0.823. The van der Waals surface area contributed by atoms with Gasteiger partial charge in [0.05, 0.1) is 5.92 Å². The number of carbonyl (C=O) groups is 1. The van der Waals surface area contributed by atoms with Gasteiger partial charge >= 0.3 is 0 Å². The lowest BCUT2D eigenvalue weighted by atomic mass is 10.0. The highest BCUT2D eigenvalue weighted by Crippen LogP contribution is 2.53. The number of halogens is 2. The Morgan fingerprint density at radius 3 is 2.50 bits per heavy atom. The van der Waals surface area contributed by atoms with Gasteiger partial charge in [0.1, 0.15) is 9.34 Å². The zero-order valence-electron chi connectivity index (χ0n) is 12.1. The van der Waals surface area contributed by atoms with Gasteiger partial charge in [0.15, 0.2) is 0 Å². The van der Waals surface area contributed by atoms with Crippen LogP contribution in [0.15, 0.2) is 24.3 Å². The lowest BCUT2D eigenvalue weighted by Crippen LogP contribution is -2.16. The lowest BCUT2D eigenvalue weighted by Gasteiger charge is -2.04. The van der Waals surface area contributed by atoms with E-state index in [0.717, 1.165) is 10.6 Å². The molecule has 1 N–H and O–H groups in total. The van der Waals surface area contributed by atoms with E-state index in [4.69, 9.17) is 23.2 Å². The SMILES string of the molecule is CC(C)c1ccc(-c2nnc(NC(=O)C3CC3(Cl)Cl)s2)cc1. The zero-order chi connectivity index (χ0) is 15.9. The van der Waals surface area contributed by atoms with Crippen LogP contribution in [-0.2, 0) is 4.79 Å². The summed E-state index contributed by atoms with van der Waals surface area (Å²) in [5.41, 5.74) is 2.26. The third-order valence-electron chi connectivity index (χ3n) is 3.62. The predicted octanol–water partition coefficient (Wildman–Crippen LogP) is 4.46. The van der Waals surface area contributed by atoms with E-state index in [0.29, 0.717) is 17.5 Å². The molecule has 7 heteroatoms. The molecule has 1 heterocycles. The first-order valence-corrected chi connectivity index (χ1v) is 8.56. The fourth-order valence-corrected chi connectivity index (χ4v) is 3.35. The summed E-state index contributed by atoms with van der Waals surface area (Å²) in [6.45, 7) is 4.30. The lowest BCUT2D eigenvalue weighted by molar-refractivity contribution is -0.117. The van der Waals surface area contributed by atoms with Crippen LogP contribution in [0.3, 0.4) is 0 Å². The first-order chi connectivity index (χ1) is 10.4. The first kappa shape index (κ1) is 15.7. The fourth-order valence-electron chi connectivity index (χ4n) is 2.09. The summed E-state index contributed by atoms with van der Waals surface area (Å²) in [5, 5.41) is 12.1. The van der Waals surface area contributed by atoms with Gasteiger partial charge in [-0.3, -0.25) is 4.79 Å². The van der Waals surface area contributed by atoms with Crippen LogP contribution in [0.4, 0.5) is 5.13 Å². The Kier molecular flexibility index (Phi) is 4.14. The monoisotopic (exact) mass is 355 g/mol. The number of aromatic nitrogens is 2. The second-order valence-corrected chi connectivity index (χ2v) is 8.22. The number of carbonyl (C=O) groups excluding carboxylic acids is 1. The Morgan fingerprint density at radius 1 is 1.32 bits per heavy atom. The van der Waals surface area contributed by atoms with E-state index in [9.17, 15) is 4.79 Å². The van der Waals surface area contributed by atoms with Crippen LogP contribution in [0.25, 0.3) is 10.6 Å². The van der Waals surface area contributed by atoms with Gasteiger partial charge in [-0.15, -0.1) is 33.4 Å². The number of alkyl halides is 2. The number of hydrogen-bond acceptors (Lipinski definition) is 4. The molecule has 1 fully saturated rings. The van der Waals surface area contributed by atoms with Gasteiger partial charge in [-0.1, -0.05) is 49.4 Å². The summed E-state index contributed by atoms with van der Waals surface area (Å²) in [7, 11) is 0. The second kappa shape index (κ2) is 5.80. The molecule has 22 heavy (non-hydrogen) atoms. The maximum Gasteiger partial charge on any atom is 0.232 e. The maximum absolute atomic E-state index is 11.9. The fraction of sp³-hybridized carbons (Fsp3) is 0.400. The van der Waals surface area contributed by atoms with Crippen molar-refractivity contribution in [2.75, 3.05) is 5.32 Å². The smallest absolute Gasteiger partial charge is 0.232 e. The summed E-state index contributed by atoms with van der Waals surface area (Å²) >= 11 is 13.1. The molecule has 0 radical (unpaired) electrons. The van der Waals surface area contributed by atoms with Gasteiger partial charge in [-0.2, -0.15) is 0 Å². The molecule has 116 valence electrons. The van der Waals surface area contributed by atoms with Crippen molar-refractivity contribution in [2.45, 2.75) is 30.5 Å². The number of nitrogens with one attached hydrogen (secondary N) is 1. The van der Waals surface area contributed by atoms with Crippen LogP contribution >= 0.6 is 34.5 Å². The van der Waals surface area contributed by atoms with Crippen molar-refractivity contribution in [1.29, 1.82) is 0 Å². The maximum atomic E-state index is 11.9. The number of hydrogen-bond donors (Lipinski definition) is 1. The molecular weight excluding hydrogens is 341 g/mol. The Labute approximate surface area is 142 Å². The molecule has 1 amide bonds. The largest absolute Gasteiger partial charge is 0.300 e. The molecule has 0 bridgehead atoms. The third-order valence-corrected chi connectivity index (χ3v) is 5.35. The van der Waals surface area contributed by atoms with Crippen molar-refractivity contribution in [2.24, 2.45) is 5.92 Å². The topological polar surface area (TPSA) is 54.9 Å². The van der Waals surface area contributed by atoms with Crippen LogP contribution in [0.1, 0.15) is 31.7 Å². The van der Waals surface area contributed by atoms with Crippen molar-refractivity contribution in [3.8, 4) is 10.6 Å². The molecule has 4 nitrogen and oxygen atoms in total. The number of anilines is 1. The van der Waals surface area contributed by atoms with Gasteiger partial charge in [0.25, 0.3) is 0 Å². The van der Waals surface area contributed by atoms with Crippen LogP contribution in [0, 0.1) is 5.92 Å². The molecular formula is C15H15Cl2N3OS. The van der Waals surface area contributed by atoms with E-state index in [1.54, 1.807) is 0 Å². The standard InChI is InChI=1S/C15H15Cl2N3OS/c1-8(2)9-3-5-10(6-4-9)13-19-20-14(22-13)18-12(21)11-7-15(11,16)17/h3-6,8,11H,7H2,1-2H3,(H,18,20,21). The normalized spacial score (nSPS) is 19.2. The highest BCUT2D eigenvalue weighted by Gasteiger charge is 2.56. The van der Waals surface area contributed by atoms with Crippen LogP contribution in [0.2, 0.25) is 0 Å². The van der Waals surface area contributed by atoms with Crippen molar-refractivity contribution >= 4 is 45.6 Å². The molecule has 0 aliphatic heterocycles. The van der Waals surface area contributed by atoms with E-state index < -0.39 is 4.33 Å². The van der Waals surface area contributed by atoms with Crippen molar-refractivity contribution in [3.63, 3.8) is 0 Å². The number of amides is 1. The van der Waals surface area contributed by atoms with E-state index in [1.807, 2.05) is 12.1 Å². The minimum absolute atomic E-state index is 0.206. The molecule has 3 rings (SSSR count). The Morgan fingerprint density at radius 2 is 1.95 bits per heavy atom. The minimum atomic E-state index is -0.926. The number of rotatable bonds is 4. The van der Waals surface area contributed by atoms with Gasteiger partial charge < -0.3 is 5.32 Å². The summed E-state index contributed by atoms with van der Waals surface area (Å²) in [6.07, 6.45) is 0.476. The van der Waals surface area contributed by atoms with E-state index in [1.165, 1.54) is 16.9 Å². The van der Waals surface area contributed by atoms with Gasteiger partial charge in [0.2, 0.25) is 11.0 Å². The molecule has 1 unspecified atom stereocenters. The first-order valence-electron chi connectivity index (χ1n) is 6.99. The van der Waals surface area contributed by atoms with Gasteiger partial charge in [-0.05, 0) is 17.9 Å². The van der Waals surface area contributed by atoms with Crippen molar-refractivity contribution in [3.05, 3.63) is 29.8 Å². The van der Waals surface area contributed by atoms with Crippen LogP contribution in [0.5, 0.6) is 0 Å². The molecule has 0 spiro atoms. The molecule has 1 aromatic carbocycles. The summed E-state index contributed by atoms with van der Waals surface area (Å²) in [4.78, 5) is 11.9. The average molecular weight is 356 g/mol. The molecule has 1 saturated carbocycles. The molecule has 1 aliphatic rings. The van der Waals surface area contributed by atoms with Gasteiger partial charge in [-0.25, -0.2) is 0 Å². The predicted molar refractivity (Wildman–Crippen MR) is 90.6 cm³/mol. The summed E-state index contributed by atoms with van der Waals surface area (Å²) in [5.74, 6) is -0.0837. The Hall–Kier alpha value is -1.17. The molecule has 0 saturated heterocycles. The van der Waals surface area contributed by atoms with Crippen molar-refractivity contribution in [1.82, 2.24) is 10.2 Å². The van der Waals surface area contributed by atoms with Crippen LogP contribution < -0.4 is 5.32 Å². The van der Waals surface area contributed by atoms with E-state index in [-0.39, 0.29) is 11.8 Å². The Balaban J connectivity index is 1.69. The van der Waals surface area contributed by atoms with E-state index in [2.05, 4.69) is 41.5 Å². The summed E-state index contributed by atoms with van der Waals surface area (Å²) < 4.78 is -0.926. The molecule has 1 atom stereocenters. The molecule has 2 aromatic rings. The van der Waals surface area contributed by atoms with Crippen LogP contribution in [-0.4, -0.2) is 20.4 Å². The zero-order valence-corrected chi connectivity index (χ0v) is 14.5. The Bertz CT molecular complexity index is 697. The second-order valence-electron chi connectivity index (χ2n) is 5.70. The minimum Gasteiger partial charge on any atom is -0.300 e. The number of benzene rings is 1.